The summed E-state index contributed by atoms with van der Waals surface area (Å²) in [6.45, 7) is 2.27. The molecule has 3 aromatic carbocycles. The molecule has 5 N–H and O–H groups in total. The number of hydrogen-bond donors (Lipinski definition) is 5. The second kappa shape index (κ2) is 17.2. The van der Waals surface area contributed by atoms with Gasteiger partial charge >= 0.3 is 12.2 Å². The fourth-order valence-electron chi connectivity index (χ4n) is 7.01. The molecule has 0 bridgehead atoms. The first-order chi connectivity index (χ1) is 28.1. The van der Waals surface area contributed by atoms with Gasteiger partial charge in [-0.2, -0.15) is 0 Å². The van der Waals surface area contributed by atoms with Crippen molar-refractivity contribution in [2.45, 2.75) is 43.9 Å². The first kappa shape index (κ1) is 38.9. The molecule has 0 spiro atoms. The molecule has 0 aliphatic carbocycles. The highest BCUT2D eigenvalue weighted by Crippen LogP contribution is 2.35. The lowest BCUT2D eigenvalue weighted by atomic mass is 10.0. The number of carbonyl (C=O) groups is 4. The second-order valence-corrected chi connectivity index (χ2v) is 13.8. The van der Waals surface area contributed by atoms with E-state index < -0.39 is 36.2 Å². The number of carboxylic acid groups (broad SMARTS) is 1. The molecule has 16 nitrogen and oxygen atoms in total. The van der Waals surface area contributed by atoms with Crippen LogP contribution in [0.1, 0.15) is 66.7 Å². The molecular weight excluding hydrogens is 741 g/mol. The predicted octanol–water partition coefficient (Wildman–Crippen LogP) is 6.21. The van der Waals surface area contributed by atoms with Gasteiger partial charge in [0.1, 0.15) is 29.4 Å². The van der Waals surface area contributed by atoms with Crippen molar-refractivity contribution in [3.05, 3.63) is 132 Å². The summed E-state index contributed by atoms with van der Waals surface area (Å²) in [5.74, 6) is 0.411. The molecule has 4 heterocycles. The monoisotopic (exact) mass is 782 g/mol. The first-order valence-electron chi connectivity index (χ1n) is 18.6. The Morgan fingerprint density at radius 2 is 1.43 bits per heavy atom. The van der Waals surface area contributed by atoms with Crippen LogP contribution in [0.2, 0.25) is 0 Å². The number of alkyl carbamates (subject to hydrolysis) is 1. The zero-order valence-corrected chi connectivity index (χ0v) is 32.0. The topological polar surface area (TPSA) is 211 Å². The minimum absolute atomic E-state index is 0.289. The SMILES string of the molecule is COC(=O)N[C@@H](C(=O)N[C@@H](C)c1ncc(-c2cnc(-c3ccc(-c4cnc([C@@H]5CCCN5C(=O)[C@@H](c5ccccc5)N(C)C(=O)O)[nH]4)cc3)cn2)[nH]1)c1ccccc1. The summed E-state index contributed by atoms with van der Waals surface area (Å²) in [6, 6.07) is 22.8. The summed E-state index contributed by atoms with van der Waals surface area (Å²) >= 11 is 0. The number of imidazole rings is 2. The third-order valence-electron chi connectivity index (χ3n) is 10.1. The van der Waals surface area contributed by atoms with Crippen LogP contribution >= 0.6 is 0 Å². The van der Waals surface area contributed by atoms with Crippen molar-refractivity contribution < 1.29 is 29.0 Å². The van der Waals surface area contributed by atoms with E-state index in [1.54, 1.807) is 85.1 Å². The number of hydrogen-bond acceptors (Lipinski definition) is 9. The second-order valence-electron chi connectivity index (χ2n) is 13.8. The number of nitrogens with zero attached hydrogens (tertiary/aromatic N) is 6. The Kier molecular flexibility index (Phi) is 11.5. The minimum Gasteiger partial charge on any atom is -0.465 e. The molecule has 1 fully saturated rings. The predicted molar refractivity (Wildman–Crippen MR) is 213 cm³/mol. The molecule has 296 valence electrons. The van der Waals surface area contributed by atoms with Gasteiger partial charge in [0, 0.05) is 19.2 Å². The molecule has 4 atom stereocenters. The Hall–Kier alpha value is -7.36. The van der Waals surface area contributed by atoms with Gasteiger partial charge in [-0.3, -0.25) is 24.5 Å². The highest BCUT2D eigenvalue weighted by atomic mass is 16.5. The Labute approximate surface area is 333 Å². The molecule has 0 unspecified atom stereocenters. The Morgan fingerprint density at radius 3 is 2.09 bits per heavy atom. The lowest BCUT2D eigenvalue weighted by Gasteiger charge is -2.32. The summed E-state index contributed by atoms with van der Waals surface area (Å²) in [5, 5.41) is 15.2. The van der Waals surface area contributed by atoms with E-state index in [1.807, 2.05) is 36.4 Å². The Balaban J connectivity index is 0.996. The van der Waals surface area contributed by atoms with Gasteiger partial charge in [0.2, 0.25) is 5.91 Å². The molecule has 4 amide bonds. The summed E-state index contributed by atoms with van der Waals surface area (Å²) in [5.41, 5.74) is 5.54. The molecule has 0 saturated carbocycles. The van der Waals surface area contributed by atoms with Crippen LogP contribution in [-0.2, 0) is 14.3 Å². The number of benzene rings is 3. The highest BCUT2D eigenvalue weighted by molar-refractivity contribution is 5.88. The van der Waals surface area contributed by atoms with Crippen molar-refractivity contribution in [3.8, 4) is 33.9 Å². The highest BCUT2D eigenvalue weighted by Gasteiger charge is 2.39. The van der Waals surface area contributed by atoms with Crippen molar-refractivity contribution in [1.82, 2.24) is 50.3 Å². The number of rotatable bonds is 12. The number of carbonyl (C=O) groups excluding carboxylic acids is 3. The van der Waals surface area contributed by atoms with Gasteiger partial charge in [0.25, 0.3) is 5.91 Å². The minimum atomic E-state index is -1.18. The number of ether oxygens (including phenoxy) is 1. The summed E-state index contributed by atoms with van der Waals surface area (Å²) < 4.78 is 4.72. The van der Waals surface area contributed by atoms with E-state index in [4.69, 9.17) is 4.74 Å². The number of nitrogens with one attached hydrogen (secondary N) is 4. The van der Waals surface area contributed by atoms with E-state index in [9.17, 15) is 24.3 Å². The molecule has 16 heteroatoms. The summed E-state index contributed by atoms with van der Waals surface area (Å²) in [4.78, 5) is 78.8. The number of methoxy groups -OCH3 is 1. The van der Waals surface area contributed by atoms with Crippen LogP contribution in [-0.4, -0.2) is 89.5 Å². The van der Waals surface area contributed by atoms with E-state index in [-0.39, 0.29) is 11.9 Å². The third-order valence-corrected chi connectivity index (χ3v) is 10.1. The normalized spacial score (nSPS) is 15.2. The van der Waals surface area contributed by atoms with Crippen LogP contribution in [0.15, 0.2) is 110 Å². The molecule has 1 saturated heterocycles. The lowest BCUT2D eigenvalue weighted by Crippen LogP contribution is -2.43. The summed E-state index contributed by atoms with van der Waals surface area (Å²) in [7, 11) is 2.65. The Bertz CT molecular complexity index is 2370. The maximum atomic E-state index is 13.9. The van der Waals surface area contributed by atoms with Gasteiger partial charge in [-0.15, -0.1) is 0 Å². The van der Waals surface area contributed by atoms with Crippen LogP contribution in [0.3, 0.4) is 0 Å². The van der Waals surface area contributed by atoms with E-state index in [1.165, 1.54) is 14.2 Å². The van der Waals surface area contributed by atoms with E-state index in [2.05, 4.69) is 40.5 Å². The van der Waals surface area contributed by atoms with Crippen molar-refractivity contribution in [2.24, 2.45) is 0 Å². The van der Waals surface area contributed by atoms with Gasteiger partial charge in [0.05, 0.1) is 61.1 Å². The number of aromatic nitrogens is 6. The third kappa shape index (κ3) is 8.40. The van der Waals surface area contributed by atoms with Crippen LogP contribution < -0.4 is 10.6 Å². The van der Waals surface area contributed by atoms with E-state index in [0.717, 1.165) is 28.1 Å². The smallest absolute Gasteiger partial charge is 0.407 e. The van der Waals surface area contributed by atoms with Crippen molar-refractivity contribution in [2.75, 3.05) is 20.7 Å². The maximum Gasteiger partial charge on any atom is 0.407 e. The van der Waals surface area contributed by atoms with Gasteiger partial charge in [-0.25, -0.2) is 19.6 Å². The fourth-order valence-corrected chi connectivity index (χ4v) is 7.01. The van der Waals surface area contributed by atoms with E-state index in [0.29, 0.717) is 52.8 Å². The van der Waals surface area contributed by atoms with Crippen LogP contribution in [0, 0.1) is 0 Å². The van der Waals surface area contributed by atoms with Crippen molar-refractivity contribution in [1.29, 1.82) is 0 Å². The van der Waals surface area contributed by atoms with Gasteiger partial charge in [-0.1, -0.05) is 84.9 Å². The number of likely N-dealkylation sites (N-methyl/N-ethyl adjacent to an activating group) is 1. The molecular formula is C42H42N10O6. The maximum absolute atomic E-state index is 13.9. The van der Waals surface area contributed by atoms with Crippen LogP contribution in [0.25, 0.3) is 33.9 Å². The molecule has 1 aliphatic rings. The number of aromatic amines is 2. The quantitative estimate of drug-likeness (QED) is 0.0947. The van der Waals surface area contributed by atoms with Gasteiger partial charge in [-0.05, 0) is 36.5 Å². The zero-order valence-electron chi connectivity index (χ0n) is 32.0. The largest absolute Gasteiger partial charge is 0.465 e. The molecule has 58 heavy (non-hydrogen) atoms. The summed E-state index contributed by atoms with van der Waals surface area (Å²) in [6.07, 6.45) is 6.22. The molecule has 6 aromatic rings. The number of H-pyrrole nitrogens is 2. The number of likely N-dealkylation sites (tertiary alicyclic amines) is 1. The van der Waals surface area contributed by atoms with Crippen LogP contribution in [0.4, 0.5) is 9.59 Å². The fraction of sp³-hybridized carbons (Fsp3) is 0.238. The molecule has 1 aliphatic heterocycles. The Morgan fingerprint density at radius 1 is 0.793 bits per heavy atom. The average molecular weight is 783 g/mol. The molecule has 7 rings (SSSR count). The van der Waals surface area contributed by atoms with Crippen LogP contribution in [0.5, 0.6) is 0 Å². The van der Waals surface area contributed by atoms with Gasteiger partial charge < -0.3 is 35.3 Å². The average Bonchev–Trinajstić information content (AvgIpc) is 4.06. The first-order valence-corrected chi connectivity index (χ1v) is 18.6. The lowest BCUT2D eigenvalue weighted by molar-refractivity contribution is -0.137. The van der Waals surface area contributed by atoms with Crippen molar-refractivity contribution in [3.63, 3.8) is 0 Å². The van der Waals surface area contributed by atoms with Gasteiger partial charge in [0.15, 0.2) is 0 Å². The zero-order chi connectivity index (χ0) is 40.8. The van der Waals surface area contributed by atoms with Crippen molar-refractivity contribution >= 4 is 24.0 Å². The molecule has 0 radical (unpaired) electrons. The molecule has 3 aromatic heterocycles. The number of amides is 4. The standard InChI is InChI=1S/C42H42N10O6/c1-25(47-39(53)35(50-41(55)58-3)28-11-6-4-7-12-28)37-45-24-33(49-37)32-23-43-30(21-44-32)26-16-18-27(19-17-26)31-22-46-38(48-31)34-15-10-20-52(34)40(54)36(51(2)42(56)57)29-13-8-5-9-14-29/h4-9,11-14,16-19,21-25,34-36H,10,15,20H2,1-3H3,(H,45,49)(H,46,48)(H,47,53)(H,50,55)(H,56,57)/t25-,34-,35+,36+/m0/s1. The van der Waals surface area contributed by atoms with E-state index >= 15 is 0 Å².